The summed E-state index contributed by atoms with van der Waals surface area (Å²) in [6, 6.07) is 0.390. The largest absolute Gasteiger partial charge is 0.370 e. The van der Waals surface area contributed by atoms with Gasteiger partial charge in [0.1, 0.15) is 13.1 Å². The molecule has 0 radical (unpaired) electrons. The molecule has 38 heavy (non-hydrogen) atoms. The average molecular weight is 530 g/mol. The molecule has 0 aromatic rings. The first-order valence-electron chi connectivity index (χ1n) is 16.7. The van der Waals surface area contributed by atoms with Crippen molar-refractivity contribution in [2.75, 3.05) is 39.9 Å². The van der Waals surface area contributed by atoms with Gasteiger partial charge in [-0.15, -0.1) is 0 Å². The maximum atomic E-state index is 13.0. The average Bonchev–Trinajstić information content (AvgIpc) is 3.21. The van der Waals surface area contributed by atoms with Crippen molar-refractivity contribution in [3.05, 3.63) is 0 Å². The Bertz CT molecular complexity index is 821. The number of likely N-dealkylation sites (N-methyl/N-ethyl adjacent to an activating group) is 1. The fraction of sp³-hybridized carbons (Fsp3) is 0.971. The van der Waals surface area contributed by atoms with E-state index in [1.807, 2.05) is 0 Å². The summed E-state index contributed by atoms with van der Waals surface area (Å²) in [6.07, 6.45) is 16.8. The van der Waals surface area contributed by atoms with Crippen molar-refractivity contribution >= 4 is 5.91 Å². The van der Waals surface area contributed by atoms with Gasteiger partial charge in [-0.25, -0.2) is 0 Å². The molecule has 0 aromatic carbocycles. The molecule has 4 saturated carbocycles. The van der Waals surface area contributed by atoms with Gasteiger partial charge in [0.05, 0.1) is 20.3 Å². The van der Waals surface area contributed by atoms with Crippen LogP contribution in [-0.4, -0.2) is 56.3 Å². The summed E-state index contributed by atoms with van der Waals surface area (Å²) in [4.78, 5) is 13.0. The third-order valence-corrected chi connectivity index (χ3v) is 13.3. The lowest BCUT2D eigenvalue weighted by Crippen LogP contribution is -2.58. The maximum Gasteiger partial charge on any atom is 0.275 e. The van der Waals surface area contributed by atoms with Crippen molar-refractivity contribution in [2.24, 2.45) is 52.3 Å². The van der Waals surface area contributed by atoms with E-state index in [1.54, 1.807) is 0 Å². The number of nitrogens with one attached hydrogen (secondary N) is 1. The van der Waals surface area contributed by atoms with Gasteiger partial charge in [0.15, 0.2) is 6.54 Å². The van der Waals surface area contributed by atoms with Crippen molar-refractivity contribution in [1.29, 1.82) is 0 Å². The van der Waals surface area contributed by atoms with Crippen LogP contribution in [0.4, 0.5) is 0 Å². The number of hydrogen-bond donors (Lipinski definition) is 1. The summed E-state index contributed by atoms with van der Waals surface area (Å²) < 4.78 is 6.37. The zero-order valence-electron chi connectivity index (χ0n) is 25.9. The van der Waals surface area contributed by atoms with Crippen LogP contribution in [0.1, 0.15) is 112 Å². The quantitative estimate of drug-likeness (QED) is 0.342. The molecular formula is C34H61N2O2+. The van der Waals surface area contributed by atoms with E-state index in [4.69, 9.17) is 4.74 Å². The van der Waals surface area contributed by atoms with Gasteiger partial charge in [-0.05, 0) is 110 Å². The fourth-order valence-electron chi connectivity index (χ4n) is 11.0. The SMILES string of the molecule is CC(C)CCC[C@H](C)[C@H]1CC[C@H]2[C@@H]3CC[C@@H]4C[C@@H](NC(=O)C[N+]5(C)CCOCC5)CC[C@]4(C)[C@H]3CC[C@]12C. The molecule has 0 bridgehead atoms. The number of rotatable bonds is 8. The highest BCUT2D eigenvalue weighted by molar-refractivity contribution is 5.77. The van der Waals surface area contributed by atoms with Crippen molar-refractivity contribution < 1.29 is 14.0 Å². The maximum absolute atomic E-state index is 13.0. The van der Waals surface area contributed by atoms with Crippen LogP contribution >= 0.6 is 0 Å². The highest BCUT2D eigenvalue weighted by Crippen LogP contribution is 2.68. The standard InChI is InChI=1S/C34H60N2O2/c1-24(2)8-7-9-25(3)29-12-13-30-28-11-10-26-22-27(35-32(37)23-36(6)18-20-38-21-19-36)14-16-33(26,4)31(28)15-17-34(29,30)5/h24-31H,7-23H2,1-6H3/p+1/t25-,26+,27-,28-,29+,30-,31-,33-,34+/m0/s1. The summed E-state index contributed by atoms with van der Waals surface area (Å²) in [7, 11) is 2.22. The lowest BCUT2D eigenvalue weighted by Gasteiger charge is -2.61. The first kappa shape index (κ1) is 28.9. The monoisotopic (exact) mass is 529 g/mol. The summed E-state index contributed by atoms with van der Waals surface area (Å²) in [5.41, 5.74) is 1.08. The Morgan fingerprint density at radius 3 is 2.37 bits per heavy atom. The third kappa shape index (κ3) is 5.61. The van der Waals surface area contributed by atoms with Crippen molar-refractivity contribution in [3.8, 4) is 0 Å². The molecule has 9 atom stereocenters. The normalized spacial score (nSPS) is 43.1. The highest BCUT2D eigenvalue weighted by atomic mass is 16.5. The van der Waals surface area contributed by atoms with E-state index < -0.39 is 0 Å². The second-order valence-corrected chi connectivity index (χ2v) is 16.1. The molecule has 1 N–H and O–H groups in total. The zero-order valence-corrected chi connectivity index (χ0v) is 25.9. The first-order chi connectivity index (χ1) is 18.0. The van der Waals surface area contributed by atoms with Crippen LogP contribution in [-0.2, 0) is 9.53 Å². The van der Waals surface area contributed by atoms with Crippen LogP contribution < -0.4 is 5.32 Å². The minimum atomic E-state index is 0.268. The van der Waals surface area contributed by atoms with E-state index in [-0.39, 0.29) is 5.91 Å². The van der Waals surface area contributed by atoms with E-state index in [0.717, 1.165) is 72.2 Å². The molecule has 4 heteroatoms. The topological polar surface area (TPSA) is 38.3 Å². The van der Waals surface area contributed by atoms with Crippen LogP contribution in [0.25, 0.3) is 0 Å². The number of hydrogen-bond acceptors (Lipinski definition) is 2. The smallest absolute Gasteiger partial charge is 0.275 e. The number of carbonyl (C=O) groups is 1. The Labute approximate surface area is 235 Å². The van der Waals surface area contributed by atoms with Crippen molar-refractivity contribution in [2.45, 2.75) is 118 Å². The Kier molecular flexibility index (Phi) is 8.63. The van der Waals surface area contributed by atoms with Gasteiger partial charge in [0.25, 0.3) is 5.91 Å². The molecule has 5 aliphatic rings. The predicted octanol–water partition coefficient (Wildman–Crippen LogP) is 7.07. The van der Waals surface area contributed by atoms with Gasteiger partial charge in [0, 0.05) is 6.04 Å². The molecule has 218 valence electrons. The van der Waals surface area contributed by atoms with Gasteiger partial charge >= 0.3 is 0 Å². The van der Waals surface area contributed by atoms with Crippen LogP contribution in [0, 0.1) is 52.3 Å². The number of nitrogens with zero attached hydrogens (tertiary/aromatic N) is 1. The zero-order chi connectivity index (χ0) is 27.1. The van der Waals surface area contributed by atoms with E-state index in [0.29, 0.717) is 23.4 Å². The molecular weight excluding hydrogens is 468 g/mol. The molecule has 1 amide bonds. The Morgan fingerprint density at radius 1 is 0.921 bits per heavy atom. The first-order valence-corrected chi connectivity index (χ1v) is 16.7. The van der Waals surface area contributed by atoms with Gasteiger partial charge in [-0.2, -0.15) is 0 Å². The van der Waals surface area contributed by atoms with Crippen LogP contribution in [0.3, 0.4) is 0 Å². The van der Waals surface area contributed by atoms with Crippen LogP contribution in [0.5, 0.6) is 0 Å². The Morgan fingerprint density at radius 2 is 1.63 bits per heavy atom. The molecule has 1 saturated heterocycles. The van der Waals surface area contributed by atoms with Gasteiger partial charge in [-0.1, -0.05) is 53.9 Å². The summed E-state index contributed by atoms with van der Waals surface area (Å²) in [6.45, 7) is 16.9. The van der Waals surface area contributed by atoms with Crippen LogP contribution in [0.2, 0.25) is 0 Å². The van der Waals surface area contributed by atoms with Gasteiger partial charge in [-0.3, -0.25) is 4.79 Å². The highest BCUT2D eigenvalue weighted by Gasteiger charge is 2.60. The summed E-state index contributed by atoms with van der Waals surface area (Å²) >= 11 is 0. The second kappa shape index (κ2) is 11.3. The van der Waals surface area contributed by atoms with E-state index in [2.05, 4.69) is 47.0 Å². The number of quaternary nitrogens is 1. The van der Waals surface area contributed by atoms with Gasteiger partial charge < -0.3 is 14.5 Å². The van der Waals surface area contributed by atoms with E-state index in [1.165, 1.54) is 77.0 Å². The second-order valence-electron chi connectivity index (χ2n) is 16.1. The lowest BCUT2D eigenvalue weighted by atomic mass is 9.44. The number of amides is 1. The lowest BCUT2D eigenvalue weighted by molar-refractivity contribution is -0.909. The van der Waals surface area contributed by atoms with Crippen LogP contribution in [0.15, 0.2) is 0 Å². The minimum Gasteiger partial charge on any atom is -0.370 e. The number of fused-ring (bicyclic) bond motifs is 5. The van der Waals surface area contributed by atoms with E-state index >= 15 is 0 Å². The molecule has 1 aliphatic heterocycles. The Balaban J connectivity index is 1.18. The van der Waals surface area contributed by atoms with Crippen molar-refractivity contribution in [3.63, 3.8) is 0 Å². The number of carbonyl (C=O) groups excluding carboxylic acids is 1. The molecule has 5 fully saturated rings. The van der Waals surface area contributed by atoms with E-state index in [9.17, 15) is 4.79 Å². The molecule has 4 nitrogen and oxygen atoms in total. The fourth-order valence-corrected chi connectivity index (χ4v) is 11.0. The van der Waals surface area contributed by atoms with Crippen molar-refractivity contribution in [1.82, 2.24) is 5.32 Å². The molecule has 4 aliphatic carbocycles. The molecule has 5 rings (SSSR count). The summed E-state index contributed by atoms with van der Waals surface area (Å²) in [5, 5.41) is 3.50. The molecule has 0 aromatic heterocycles. The number of ether oxygens (including phenoxy) is 1. The summed E-state index contributed by atoms with van der Waals surface area (Å²) in [5.74, 6) is 6.60. The Hall–Kier alpha value is -0.610. The number of morpholine rings is 1. The molecule has 0 unspecified atom stereocenters. The predicted molar refractivity (Wildman–Crippen MR) is 157 cm³/mol. The molecule has 1 heterocycles. The molecule has 0 spiro atoms. The van der Waals surface area contributed by atoms with Gasteiger partial charge in [0.2, 0.25) is 0 Å². The minimum absolute atomic E-state index is 0.268. The third-order valence-electron chi connectivity index (χ3n) is 13.3.